The number of hydrogen-bond acceptors (Lipinski definition) is 3. The lowest BCUT2D eigenvalue weighted by Gasteiger charge is -2.14. The number of carbonyl (C=O) groups excluding carboxylic acids is 1. The van der Waals surface area contributed by atoms with E-state index in [1.54, 1.807) is 12.1 Å². The van der Waals surface area contributed by atoms with Crippen LogP contribution in [0.15, 0.2) is 60.7 Å². The van der Waals surface area contributed by atoms with Crippen molar-refractivity contribution >= 4 is 16.9 Å². The Morgan fingerprint density at radius 3 is 2.46 bits per heavy atom. The minimum Gasteiger partial charge on any atom is -0.488 e. The number of nitrogens with two attached hydrogens (primary N) is 1. The fourth-order valence-electron chi connectivity index (χ4n) is 2.49. The molecule has 3 rings (SSSR count). The Hall–Kier alpha value is -3.08. The van der Waals surface area contributed by atoms with Crippen molar-refractivity contribution in [2.24, 2.45) is 5.73 Å². The van der Waals surface area contributed by atoms with E-state index in [9.17, 15) is 9.18 Å². The summed E-state index contributed by atoms with van der Waals surface area (Å²) in [6.07, 6.45) is -0.840. The number of benzene rings is 3. The van der Waals surface area contributed by atoms with Crippen molar-refractivity contribution in [2.75, 3.05) is 0 Å². The first-order chi connectivity index (χ1) is 11.6. The number of ether oxygens (including phenoxy) is 2. The van der Waals surface area contributed by atoms with Crippen LogP contribution in [0.2, 0.25) is 0 Å². The van der Waals surface area contributed by atoms with Gasteiger partial charge in [0, 0.05) is 5.56 Å². The molecule has 0 bridgehead atoms. The summed E-state index contributed by atoms with van der Waals surface area (Å²) in [4.78, 5) is 11.0. The van der Waals surface area contributed by atoms with Crippen molar-refractivity contribution in [3.05, 3.63) is 77.6 Å². The molecule has 0 aliphatic rings. The van der Waals surface area contributed by atoms with Gasteiger partial charge in [-0.15, -0.1) is 0 Å². The third kappa shape index (κ3) is 3.63. The highest BCUT2D eigenvalue weighted by Gasteiger charge is 2.11. The Morgan fingerprint density at radius 2 is 1.71 bits per heavy atom. The van der Waals surface area contributed by atoms with E-state index in [2.05, 4.69) is 0 Å². The molecule has 0 unspecified atom stereocenters. The SMILES string of the molecule is NC(=O)OCc1c(OCc2ccc(F)cc2)ccc2ccccc12. The minimum atomic E-state index is -0.840. The number of carbonyl (C=O) groups is 1. The Kier molecular flexibility index (Phi) is 4.61. The summed E-state index contributed by atoms with van der Waals surface area (Å²) in [5.74, 6) is 0.305. The van der Waals surface area contributed by atoms with Crippen LogP contribution in [0.3, 0.4) is 0 Å². The normalized spacial score (nSPS) is 10.5. The molecule has 24 heavy (non-hydrogen) atoms. The number of amides is 1. The molecule has 3 aromatic rings. The van der Waals surface area contributed by atoms with Crippen LogP contribution in [0.4, 0.5) is 9.18 Å². The Balaban J connectivity index is 1.89. The Labute approximate surface area is 138 Å². The summed E-state index contributed by atoms with van der Waals surface area (Å²) < 4.78 is 23.8. The van der Waals surface area contributed by atoms with E-state index in [4.69, 9.17) is 15.2 Å². The largest absolute Gasteiger partial charge is 0.488 e. The van der Waals surface area contributed by atoms with Gasteiger partial charge in [0.05, 0.1) is 0 Å². The molecule has 5 heteroatoms. The Bertz CT molecular complexity index is 862. The second-order valence-electron chi connectivity index (χ2n) is 5.29. The maximum absolute atomic E-state index is 13.0. The summed E-state index contributed by atoms with van der Waals surface area (Å²) in [6.45, 7) is 0.303. The third-order valence-corrected chi connectivity index (χ3v) is 3.66. The van der Waals surface area contributed by atoms with Crippen LogP contribution in [-0.4, -0.2) is 6.09 Å². The van der Waals surface area contributed by atoms with Crippen molar-refractivity contribution in [1.29, 1.82) is 0 Å². The van der Waals surface area contributed by atoms with Gasteiger partial charge >= 0.3 is 6.09 Å². The second-order valence-corrected chi connectivity index (χ2v) is 5.29. The first-order valence-corrected chi connectivity index (χ1v) is 7.43. The number of primary amides is 1. The van der Waals surface area contributed by atoms with E-state index in [-0.39, 0.29) is 19.0 Å². The van der Waals surface area contributed by atoms with E-state index in [0.29, 0.717) is 5.75 Å². The average molecular weight is 325 g/mol. The van der Waals surface area contributed by atoms with Gasteiger partial charge in [0.2, 0.25) is 0 Å². The van der Waals surface area contributed by atoms with Crippen molar-refractivity contribution in [2.45, 2.75) is 13.2 Å². The molecule has 0 radical (unpaired) electrons. The summed E-state index contributed by atoms with van der Waals surface area (Å²) >= 11 is 0. The molecule has 4 nitrogen and oxygen atoms in total. The maximum atomic E-state index is 13.0. The van der Waals surface area contributed by atoms with Crippen LogP contribution >= 0.6 is 0 Å². The fraction of sp³-hybridized carbons (Fsp3) is 0.105. The lowest BCUT2D eigenvalue weighted by molar-refractivity contribution is 0.149. The highest BCUT2D eigenvalue weighted by molar-refractivity contribution is 5.87. The van der Waals surface area contributed by atoms with Crippen LogP contribution in [-0.2, 0) is 18.0 Å². The molecule has 1 amide bonds. The van der Waals surface area contributed by atoms with E-state index in [1.807, 2.05) is 36.4 Å². The van der Waals surface area contributed by atoms with Crippen LogP contribution in [0.25, 0.3) is 10.8 Å². The van der Waals surface area contributed by atoms with Crippen molar-refractivity contribution in [1.82, 2.24) is 0 Å². The molecule has 0 spiro atoms. The third-order valence-electron chi connectivity index (χ3n) is 3.66. The molecule has 2 N–H and O–H groups in total. The van der Waals surface area contributed by atoms with Gasteiger partial charge in [-0.25, -0.2) is 9.18 Å². The maximum Gasteiger partial charge on any atom is 0.404 e. The molecule has 0 fully saturated rings. The summed E-state index contributed by atoms with van der Waals surface area (Å²) in [7, 11) is 0. The van der Waals surface area contributed by atoms with Crippen molar-refractivity contribution in [3.8, 4) is 5.75 Å². The van der Waals surface area contributed by atoms with Crippen molar-refractivity contribution < 1.29 is 18.7 Å². The predicted octanol–water partition coefficient (Wildman–Crippen LogP) is 4.15. The molecule has 0 saturated heterocycles. The van der Waals surface area contributed by atoms with Crippen LogP contribution in [0.5, 0.6) is 5.75 Å². The molecule has 122 valence electrons. The average Bonchev–Trinajstić information content (AvgIpc) is 2.59. The van der Waals surface area contributed by atoms with Gasteiger partial charge in [0.25, 0.3) is 0 Å². The molecular weight excluding hydrogens is 309 g/mol. The van der Waals surface area contributed by atoms with Gasteiger partial charge in [0.1, 0.15) is 24.8 Å². The molecule has 0 aliphatic heterocycles. The van der Waals surface area contributed by atoms with Crippen LogP contribution in [0.1, 0.15) is 11.1 Å². The van der Waals surface area contributed by atoms with Gasteiger partial charge in [-0.3, -0.25) is 0 Å². The zero-order valence-electron chi connectivity index (χ0n) is 12.9. The highest BCUT2D eigenvalue weighted by Crippen LogP contribution is 2.29. The lowest BCUT2D eigenvalue weighted by atomic mass is 10.0. The predicted molar refractivity (Wildman–Crippen MR) is 89.1 cm³/mol. The molecule has 0 saturated carbocycles. The standard InChI is InChI=1S/C19H16FNO3/c20-15-8-5-13(6-9-15)11-23-18-10-7-14-3-1-2-4-16(14)17(18)12-24-19(21)22/h1-10H,11-12H2,(H2,21,22). The summed E-state index contributed by atoms with van der Waals surface area (Å²) in [5.41, 5.74) is 6.66. The van der Waals surface area contributed by atoms with Gasteiger partial charge in [-0.2, -0.15) is 0 Å². The molecule has 3 aromatic carbocycles. The monoisotopic (exact) mass is 325 g/mol. The Morgan fingerprint density at radius 1 is 0.958 bits per heavy atom. The van der Waals surface area contributed by atoms with E-state index in [1.165, 1.54) is 12.1 Å². The molecular formula is C19H16FNO3. The number of hydrogen-bond donors (Lipinski definition) is 1. The molecule has 0 atom stereocenters. The van der Waals surface area contributed by atoms with E-state index >= 15 is 0 Å². The van der Waals surface area contributed by atoms with Gasteiger partial charge < -0.3 is 15.2 Å². The number of rotatable bonds is 5. The first kappa shape index (κ1) is 15.8. The molecule has 0 heterocycles. The van der Waals surface area contributed by atoms with Crippen LogP contribution < -0.4 is 10.5 Å². The zero-order chi connectivity index (χ0) is 16.9. The smallest absolute Gasteiger partial charge is 0.404 e. The zero-order valence-corrected chi connectivity index (χ0v) is 12.9. The van der Waals surface area contributed by atoms with Gasteiger partial charge in [-0.05, 0) is 34.5 Å². The van der Waals surface area contributed by atoms with Crippen molar-refractivity contribution in [3.63, 3.8) is 0 Å². The number of halogens is 1. The first-order valence-electron chi connectivity index (χ1n) is 7.43. The topological polar surface area (TPSA) is 61.6 Å². The number of fused-ring (bicyclic) bond motifs is 1. The van der Waals surface area contributed by atoms with Gasteiger partial charge in [0.15, 0.2) is 0 Å². The second kappa shape index (κ2) is 7.00. The highest BCUT2D eigenvalue weighted by atomic mass is 19.1. The fourth-order valence-corrected chi connectivity index (χ4v) is 2.49. The molecule has 0 aliphatic carbocycles. The quantitative estimate of drug-likeness (QED) is 0.766. The summed E-state index contributed by atoms with van der Waals surface area (Å²) in [5, 5.41) is 1.94. The minimum absolute atomic E-state index is 0.0233. The molecule has 0 aromatic heterocycles. The summed E-state index contributed by atoms with van der Waals surface area (Å²) in [6, 6.07) is 17.6. The van der Waals surface area contributed by atoms with Gasteiger partial charge in [-0.1, -0.05) is 42.5 Å². The lowest BCUT2D eigenvalue weighted by Crippen LogP contribution is -2.13. The van der Waals surface area contributed by atoms with Crippen LogP contribution in [0, 0.1) is 5.82 Å². The van der Waals surface area contributed by atoms with E-state index < -0.39 is 6.09 Å². The van der Waals surface area contributed by atoms with E-state index in [0.717, 1.165) is 21.9 Å².